The quantitative estimate of drug-likeness (QED) is 0.362. The molecule has 0 unspecified atom stereocenters. The van der Waals surface area contributed by atoms with Gasteiger partial charge in [0.25, 0.3) is 5.91 Å². The number of aryl methyl sites for hydroxylation is 1. The molecule has 5 aromatic rings. The molecule has 0 aliphatic carbocycles. The van der Waals surface area contributed by atoms with E-state index in [2.05, 4.69) is 21.3 Å². The van der Waals surface area contributed by atoms with Crippen LogP contribution in [0.1, 0.15) is 21.7 Å². The van der Waals surface area contributed by atoms with Crippen molar-refractivity contribution in [1.82, 2.24) is 19.0 Å². The molecule has 6 rings (SSSR count). The van der Waals surface area contributed by atoms with Gasteiger partial charge in [-0.15, -0.1) is 0 Å². The monoisotopic (exact) mass is 501 g/mol. The molecule has 1 aliphatic heterocycles. The van der Waals surface area contributed by atoms with Crippen LogP contribution in [-0.2, 0) is 20.0 Å². The maximum absolute atomic E-state index is 13.2. The minimum atomic E-state index is -0.677. The van der Waals surface area contributed by atoms with Crippen molar-refractivity contribution in [3.05, 3.63) is 71.7 Å². The Labute approximate surface area is 213 Å². The molecule has 1 aliphatic rings. The molecule has 0 fully saturated rings. The van der Waals surface area contributed by atoms with Crippen molar-refractivity contribution in [3.8, 4) is 17.3 Å². The zero-order valence-electron chi connectivity index (χ0n) is 20.8. The molecule has 2 aromatic carbocycles. The Bertz CT molecular complexity index is 1620. The minimum Gasteiger partial charge on any atom is -0.495 e. The van der Waals surface area contributed by atoms with Gasteiger partial charge in [0.05, 0.1) is 48.2 Å². The molecule has 0 spiro atoms. The highest BCUT2D eigenvalue weighted by atomic mass is 19.1. The summed E-state index contributed by atoms with van der Waals surface area (Å²) in [6, 6.07) is 15.1. The van der Waals surface area contributed by atoms with Crippen LogP contribution in [0, 0.1) is 0 Å². The highest BCUT2D eigenvalue weighted by Gasteiger charge is 2.28. The van der Waals surface area contributed by atoms with Gasteiger partial charge in [0.1, 0.15) is 18.2 Å². The van der Waals surface area contributed by atoms with Crippen molar-refractivity contribution in [2.24, 2.45) is 12.8 Å². The lowest BCUT2D eigenvalue weighted by Gasteiger charge is -2.30. The molecule has 1 atom stereocenters. The van der Waals surface area contributed by atoms with Crippen molar-refractivity contribution in [2.45, 2.75) is 19.0 Å². The van der Waals surface area contributed by atoms with Gasteiger partial charge in [-0.2, -0.15) is 0 Å². The molecule has 0 saturated carbocycles. The van der Waals surface area contributed by atoms with Gasteiger partial charge in [0.2, 0.25) is 0 Å². The summed E-state index contributed by atoms with van der Waals surface area (Å²) in [4.78, 5) is 19.8. The maximum Gasteiger partial charge on any atom is 0.254 e. The molecule has 0 radical (unpaired) electrons. The average Bonchev–Trinajstić information content (AvgIpc) is 3.63. The number of halogens is 1. The van der Waals surface area contributed by atoms with E-state index >= 15 is 0 Å². The summed E-state index contributed by atoms with van der Waals surface area (Å²) in [6.45, 7) is 0.576. The van der Waals surface area contributed by atoms with Gasteiger partial charge >= 0.3 is 0 Å². The predicted molar refractivity (Wildman–Crippen MR) is 140 cm³/mol. The average molecular weight is 502 g/mol. The van der Waals surface area contributed by atoms with Crippen molar-refractivity contribution >= 4 is 27.8 Å². The van der Waals surface area contributed by atoms with Gasteiger partial charge in [-0.25, -0.2) is 9.37 Å². The van der Waals surface area contributed by atoms with E-state index in [4.69, 9.17) is 19.9 Å². The molecule has 9 heteroatoms. The van der Waals surface area contributed by atoms with Crippen LogP contribution in [0.4, 0.5) is 4.39 Å². The van der Waals surface area contributed by atoms with Crippen molar-refractivity contribution in [2.75, 3.05) is 26.9 Å². The maximum atomic E-state index is 13.2. The number of amides is 1. The second-order valence-corrected chi connectivity index (χ2v) is 9.50. The number of para-hydroxylation sites is 1. The highest BCUT2D eigenvalue weighted by Crippen LogP contribution is 2.36. The third-order valence-electron chi connectivity index (χ3n) is 7.15. The lowest BCUT2D eigenvalue weighted by molar-refractivity contribution is 0.0725. The standard InChI is InChI=1S/C28H28FN5O3/c1-32-23-11-17-8-9-33(15-19(30)14-29)28(35)21(17)13-22(23)31-27(32)24-12-18-5-3-7-25(36-2)26(18)34(24)16-20-6-4-10-37-20/h3-7,10-13,19H,8-9,14-16,30H2,1-2H3/t19-/m1/s1. The number of hydrogen-bond donors (Lipinski definition) is 1. The number of nitrogens with zero attached hydrogens (tertiary/aromatic N) is 4. The third kappa shape index (κ3) is 3.86. The molecule has 0 bridgehead atoms. The van der Waals surface area contributed by atoms with Crippen LogP contribution in [0.25, 0.3) is 33.5 Å². The fourth-order valence-corrected chi connectivity index (χ4v) is 5.31. The lowest BCUT2D eigenvalue weighted by atomic mass is 9.97. The summed E-state index contributed by atoms with van der Waals surface area (Å²) in [5.74, 6) is 2.22. The molecule has 2 N–H and O–H groups in total. The van der Waals surface area contributed by atoms with Gasteiger partial charge in [-0.05, 0) is 48.4 Å². The van der Waals surface area contributed by atoms with E-state index in [0.717, 1.165) is 50.5 Å². The second-order valence-electron chi connectivity index (χ2n) is 9.50. The Kier molecular flexibility index (Phi) is 5.72. The Hall–Kier alpha value is -4.11. The predicted octanol–water partition coefficient (Wildman–Crippen LogP) is 4.14. The first kappa shape index (κ1) is 23.3. The molecule has 37 heavy (non-hydrogen) atoms. The molecule has 1 amide bonds. The number of nitrogens with two attached hydrogens (primary N) is 1. The van der Waals surface area contributed by atoms with Crippen LogP contribution in [0.5, 0.6) is 5.75 Å². The van der Waals surface area contributed by atoms with E-state index in [1.165, 1.54) is 0 Å². The third-order valence-corrected chi connectivity index (χ3v) is 7.15. The summed E-state index contributed by atoms with van der Waals surface area (Å²) in [6.07, 6.45) is 2.35. The summed E-state index contributed by atoms with van der Waals surface area (Å²) < 4.78 is 28.5. The van der Waals surface area contributed by atoms with Crippen LogP contribution >= 0.6 is 0 Å². The number of furan rings is 1. The number of alkyl halides is 1. The van der Waals surface area contributed by atoms with E-state index in [-0.39, 0.29) is 12.5 Å². The summed E-state index contributed by atoms with van der Waals surface area (Å²) >= 11 is 0. The number of methoxy groups -OCH3 is 1. The number of carbonyl (C=O) groups is 1. The molecule has 4 heterocycles. The van der Waals surface area contributed by atoms with E-state index in [9.17, 15) is 9.18 Å². The summed E-state index contributed by atoms with van der Waals surface area (Å²) in [5.41, 5.74) is 10.9. The van der Waals surface area contributed by atoms with Gasteiger partial charge in [-0.3, -0.25) is 4.79 Å². The molecule has 3 aromatic heterocycles. The van der Waals surface area contributed by atoms with Crippen LogP contribution in [0.15, 0.2) is 59.2 Å². The number of fused-ring (bicyclic) bond motifs is 3. The summed E-state index contributed by atoms with van der Waals surface area (Å²) in [7, 11) is 3.65. The Morgan fingerprint density at radius 3 is 2.84 bits per heavy atom. The summed E-state index contributed by atoms with van der Waals surface area (Å²) in [5, 5.41) is 1.03. The fraction of sp³-hybridized carbons (Fsp3) is 0.286. The number of hydrogen-bond acceptors (Lipinski definition) is 5. The van der Waals surface area contributed by atoms with Crippen LogP contribution < -0.4 is 10.5 Å². The molecule has 8 nitrogen and oxygen atoms in total. The second kappa shape index (κ2) is 9.08. The molecular formula is C28H28FN5O3. The largest absolute Gasteiger partial charge is 0.495 e. The Morgan fingerprint density at radius 2 is 2.08 bits per heavy atom. The topological polar surface area (TPSA) is 91.5 Å². The fourth-order valence-electron chi connectivity index (χ4n) is 5.31. The highest BCUT2D eigenvalue weighted by molar-refractivity contribution is 6.01. The van der Waals surface area contributed by atoms with E-state index in [1.807, 2.05) is 43.4 Å². The zero-order chi connectivity index (χ0) is 25.7. The van der Waals surface area contributed by atoms with Gasteiger partial charge in [0.15, 0.2) is 5.82 Å². The number of benzene rings is 2. The Balaban J connectivity index is 1.49. The minimum absolute atomic E-state index is 0.129. The van der Waals surface area contributed by atoms with Crippen LogP contribution in [0.3, 0.4) is 0 Å². The molecule has 0 saturated heterocycles. The van der Waals surface area contributed by atoms with Crippen molar-refractivity contribution < 1.29 is 18.3 Å². The molecule has 190 valence electrons. The first-order valence-corrected chi connectivity index (χ1v) is 12.3. The number of imidazole rings is 1. The lowest BCUT2D eigenvalue weighted by Crippen LogP contribution is -2.45. The van der Waals surface area contributed by atoms with E-state index < -0.39 is 12.7 Å². The first-order chi connectivity index (χ1) is 18.0. The van der Waals surface area contributed by atoms with Gasteiger partial charge in [0, 0.05) is 31.1 Å². The van der Waals surface area contributed by atoms with E-state index in [0.29, 0.717) is 25.1 Å². The van der Waals surface area contributed by atoms with Crippen LogP contribution in [0.2, 0.25) is 0 Å². The number of aromatic nitrogens is 3. The van der Waals surface area contributed by atoms with Crippen LogP contribution in [-0.4, -0.2) is 57.8 Å². The SMILES string of the molecule is COc1cccc2cc(-c3nc4cc5c(cc4n3C)CCN(C[C@H](N)CF)C5=O)n(Cc3ccco3)c12. The van der Waals surface area contributed by atoms with Gasteiger partial charge < -0.3 is 28.9 Å². The number of carbonyl (C=O) groups excluding carboxylic acids is 1. The zero-order valence-corrected chi connectivity index (χ0v) is 20.8. The normalized spacial score (nSPS) is 14.5. The number of ether oxygens (including phenoxy) is 1. The van der Waals surface area contributed by atoms with Crippen molar-refractivity contribution in [1.29, 1.82) is 0 Å². The van der Waals surface area contributed by atoms with Crippen molar-refractivity contribution in [3.63, 3.8) is 0 Å². The Morgan fingerprint density at radius 1 is 1.22 bits per heavy atom. The first-order valence-electron chi connectivity index (χ1n) is 12.3. The smallest absolute Gasteiger partial charge is 0.254 e. The van der Waals surface area contributed by atoms with E-state index in [1.54, 1.807) is 18.3 Å². The molecular weight excluding hydrogens is 473 g/mol. The number of rotatable bonds is 7. The van der Waals surface area contributed by atoms with Gasteiger partial charge in [-0.1, -0.05) is 12.1 Å².